The predicted octanol–water partition coefficient (Wildman–Crippen LogP) is 4.67. The summed E-state index contributed by atoms with van der Waals surface area (Å²) < 4.78 is 0. The highest BCUT2D eigenvalue weighted by atomic mass is 35.5. The first-order valence-corrected chi connectivity index (χ1v) is 7.69. The first-order chi connectivity index (χ1) is 10.1. The Labute approximate surface area is 134 Å². The maximum Gasteiger partial charge on any atom is 0.251 e. The number of hydrogen-bond donors (Lipinski definition) is 1. The summed E-state index contributed by atoms with van der Waals surface area (Å²) in [5.41, 5.74) is 1.94. The van der Waals surface area contributed by atoms with Crippen molar-refractivity contribution in [2.75, 3.05) is 0 Å². The lowest BCUT2D eigenvalue weighted by atomic mass is 9.76. The Morgan fingerprint density at radius 1 is 0.905 bits per heavy atom. The van der Waals surface area contributed by atoms with Gasteiger partial charge in [0.05, 0.1) is 0 Å². The molecule has 0 heterocycles. The van der Waals surface area contributed by atoms with Crippen molar-refractivity contribution >= 4 is 29.1 Å². The monoisotopic (exact) mass is 319 g/mol. The second-order valence-electron chi connectivity index (χ2n) is 5.40. The van der Waals surface area contributed by atoms with Gasteiger partial charge in [-0.15, -0.1) is 0 Å². The minimum Gasteiger partial charge on any atom is -0.349 e. The highest BCUT2D eigenvalue weighted by Gasteiger charge is 2.31. The smallest absolute Gasteiger partial charge is 0.251 e. The molecule has 2 aromatic rings. The normalized spacial score (nSPS) is 20.7. The zero-order chi connectivity index (χ0) is 14.8. The van der Waals surface area contributed by atoms with Crippen LogP contribution in [0.5, 0.6) is 0 Å². The molecule has 0 aromatic heterocycles. The summed E-state index contributed by atoms with van der Waals surface area (Å²) in [5.74, 6) is 0.476. The fraction of sp³-hybridized carbons (Fsp3) is 0.235. The molecule has 0 atom stereocenters. The molecule has 108 valence electrons. The number of rotatable bonds is 3. The molecule has 0 unspecified atom stereocenters. The first-order valence-electron chi connectivity index (χ1n) is 6.94. The summed E-state index contributed by atoms with van der Waals surface area (Å²) in [6.07, 6.45) is 1.95. The molecular formula is C17H15Cl2NO. The van der Waals surface area contributed by atoms with Crippen LogP contribution in [0, 0.1) is 0 Å². The van der Waals surface area contributed by atoms with Crippen LogP contribution in [0.15, 0.2) is 48.5 Å². The fourth-order valence-electron chi connectivity index (χ4n) is 2.61. The minimum absolute atomic E-state index is 0.0359. The second-order valence-corrected chi connectivity index (χ2v) is 6.27. The van der Waals surface area contributed by atoms with Gasteiger partial charge in [0.25, 0.3) is 5.91 Å². The largest absolute Gasteiger partial charge is 0.349 e. The van der Waals surface area contributed by atoms with Crippen LogP contribution in [0.25, 0.3) is 0 Å². The van der Waals surface area contributed by atoms with Gasteiger partial charge < -0.3 is 5.32 Å². The molecule has 1 aliphatic rings. The molecule has 1 fully saturated rings. The van der Waals surface area contributed by atoms with Gasteiger partial charge in [0.15, 0.2) is 0 Å². The number of halogens is 2. The van der Waals surface area contributed by atoms with Crippen molar-refractivity contribution in [2.45, 2.75) is 24.8 Å². The van der Waals surface area contributed by atoms with E-state index >= 15 is 0 Å². The van der Waals surface area contributed by atoms with Crippen molar-refractivity contribution in [1.29, 1.82) is 0 Å². The summed E-state index contributed by atoms with van der Waals surface area (Å²) >= 11 is 11.7. The van der Waals surface area contributed by atoms with E-state index in [2.05, 4.69) is 17.4 Å². The third-order valence-corrected chi connectivity index (χ3v) is 4.43. The number of nitrogens with one attached hydrogen (secondary N) is 1. The van der Waals surface area contributed by atoms with Gasteiger partial charge in [-0.3, -0.25) is 4.79 Å². The molecule has 3 rings (SSSR count). The van der Waals surface area contributed by atoms with Gasteiger partial charge in [-0.05, 0) is 60.7 Å². The third-order valence-electron chi connectivity index (χ3n) is 3.92. The van der Waals surface area contributed by atoms with Crippen LogP contribution in [0.1, 0.15) is 34.7 Å². The molecule has 1 N–H and O–H groups in total. The summed E-state index contributed by atoms with van der Waals surface area (Å²) in [6, 6.07) is 15.1. The minimum atomic E-state index is -0.0359. The van der Waals surface area contributed by atoms with Crippen LogP contribution in [0.4, 0.5) is 0 Å². The average molecular weight is 320 g/mol. The average Bonchev–Trinajstić information content (AvgIpc) is 2.44. The zero-order valence-corrected chi connectivity index (χ0v) is 12.9. The maximum absolute atomic E-state index is 12.1. The van der Waals surface area contributed by atoms with Crippen molar-refractivity contribution in [2.24, 2.45) is 0 Å². The lowest BCUT2D eigenvalue weighted by molar-refractivity contribution is 0.0909. The molecule has 0 aliphatic heterocycles. The summed E-state index contributed by atoms with van der Waals surface area (Å²) in [7, 11) is 0. The number of hydrogen-bond acceptors (Lipinski definition) is 1. The molecule has 21 heavy (non-hydrogen) atoms. The van der Waals surface area contributed by atoms with E-state index < -0.39 is 0 Å². The number of carbonyl (C=O) groups is 1. The van der Waals surface area contributed by atoms with Gasteiger partial charge in [-0.25, -0.2) is 0 Å². The van der Waals surface area contributed by atoms with Crippen molar-refractivity contribution in [3.05, 3.63) is 69.7 Å². The Balaban J connectivity index is 1.53. The van der Waals surface area contributed by atoms with Crippen molar-refractivity contribution < 1.29 is 4.79 Å². The molecular weight excluding hydrogens is 305 g/mol. The molecule has 1 aliphatic carbocycles. The van der Waals surface area contributed by atoms with Gasteiger partial charge >= 0.3 is 0 Å². The Morgan fingerprint density at radius 3 is 2.00 bits per heavy atom. The van der Waals surface area contributed by atoms with Crippen LogP contribution in [0.2, 0.25) is 10.0 Å². The Kier molecular flexibility index (Phi) is 4.18. The molecule has 0 spiro atoms. The molecule has 2 nitrogen and oxygen atoms in total. The Hall–Kier alpha value is -1.51. The van der Waals surface area contributed by atoms with Crippen molar-refractivity contribution in [1.82, 2.24) is 5.32 Å². The predicted molar refractivity (Wildman–Crippen MR) is 86.1 cm³/mol. The first kappa shape index (κ1) is 14.4. The quantitative estimate of drug-likeness (QED) is 0.875. The van der Waals surface area contributed by atoms with Gasteiger partial charge in [-0.2, -0.15) is 0 Å². The van der Waals surface area contributed by atoms with E-state index in [1.165, 1.54) is 5.56 Å². The van der Waals surface area contributed by atoms with Crippen molar-refractivity contribution in [3.63, 3.8) is 0 Å². The second kappa shape index (κ2) is 6.08. The fourth-order valence-corrected chi connectivity index (χ4v) is 2.86. The number of amides is 1. The van der Waals surface area contributed by atoms with E-state index in [9.17, 15) is 4.79 Å². The lowest BCUT2D eigenvalue weighted by Crippen LogP contribution is -2.43. The van der Waals surface area contributed by atoms with Crippen LogP contribution in [0.3, 0.4) is 0 Å². The van der Waals surface area contributed by atoms with E-state index in [0.29, 0.717) is 16.5 Å². The standard InChI is InChI=1S/C17H15Cl2NO/c18-14-5-1-11(2-6-14)13-9-16(10-13)20-17(21)12-3-7-15(19)8-4-12/h1-8,13,16H,9-10H2,(H,20,21). The highest BCUT2D eigenvalue weighted by molar-refractivity contribution is 6.30. The molecule has 1 saturated carbocycles. The highest BCUT2D eigenvalue weighted by Crippen LogP contribution is 2.37. The van der Waals surface area contributed by atoms with Gasteiger partial charge in [-0.1, -0.05) is 35.3 Å². The van der Waals surface area contributed by atoms with Crippen LogP contribution >= 0.6 is 23.2 Å². The van der Waals surface area contributed by atoms with Gasteiger partial charge in [0, 0.05) is 21.7 Å². The molecule has 0 radical (unpaired) electrons. The van der Waals surface area contributed by atoms with Gasteiger partial charge in [0.2, 0.25) is 0 Å². The van der Waals surface area contributed by atoms with E-state index in [-0.39, 0.29) is 11.9 Å². The van der Waals surface area contributed by atoms with Gasteiger partial charge in [0.1, 0.15) is 0 Å². The topological polar surface area (TPSA) is 29.1 Å². The van der Waals surface area contributed by atoms with Crippen LogP contribution in [-0.4, -0.2) is 11.9 Å². The molecule has 2 aromatic carbocycles. The molecule has 0 bridgehead atoms. The van der Waals surface area contributed by atoms with E-state index in [0.717, 1.165) is 17.9 Å². The lowest BCUT2D eigenvalue weighted by Gasteiger charge is -2.36. The van der Waals surface area contributed by atoms with Crippen molar-refractivity contribution in [3.8, 4) is 0 Å². The zero-order valence-electron chi connectivity index (χ0n) is 11.4. The Bertz CT molecular complexity index is 631. The van der Waals surface area contributed by atoms with E-state index in [4.69, 9.17) is 23.2 Å². The summed E-state index contributed by atoms with van der Waals surface area (Å²) in [6.45, 7) is 0. The van der Waals surface area contributed by atoms with Crippen LogP contribution < -0.4 is 5.32 Å². The summed E-state index contributed by atoms with van der Waals surface area (Å²) in [4.78, 5) is 12.1. The van der Waals surface area contributed by atoms with Crippen LogP contribution in [-0.2, 0) is 0 Å². The maximum atomic E-state index is 12.1. The SMILES string of the molecule is O=C(NC1CC(c2ccc(Cl)cc2)C1)c1ccc(Cl)cc1. The number of benzene rings is 2. The summed E-state index contributed by atoms with van der Waals surface area (Å²) in [5, 5.41) is 4.45. The van der Waals surface area contributed by atoms with E-state index in [1.807, 2.05) is 12.1 Å². The molecule has 4 heteroatoms. The number of carbonyl (C=O) groups excluding carboxylic acids is 1. The molecule has 1 amide bonds. The Morgan fingerprint density at radius 2 is 1.43 bits per heavy atom. The molecule has 0 saturated heterocycles. The third kappa shape index (κ3) is 3.39. The van der Waals surface area contributed by atoms with E-state index in [1.54, 1.807) is 24.3 Å².